The highest BCUT2D eigenvalue weighted by Gasteiger charge is 2.42. The minimum absolute atomic E-state index is 0.255. The van der Waals surface area contributed by atoms with Crippen LogP contribution in [0.3, 0.4) is 0 Å². The van der Waals surface area contributed by atoms with Crippen LogP contribution in [-0.4, -0.2) is 92.5 Å². The van der Waals surface area contributed by atoms with Crippen molar-refractivity contribution in [2.45, 2.75) is 77.0 Å². The van der Waals surface area contributed by atoms with Crippen LogP contribution in [0.5, 0.6) is 0 Å². The van der Waals surface area contributed by atoms with Crippen LogP contribution in [-0.2, 0) is 30.8 Å². The minimum atomic E-state index is -4.68. The van der Waals surface area contributed by atoms with E-state index < -0.39 is 71.1 Å². The number of likely N-dealkylation sites (N-methyl/N-ethyl adjacent to an activating group) is 1. The molecule has 0 radical (unpaired) electrons. The smallest absolute Gasteiger partial charge is 0.409 e. The lowest BCUT2D eigenvalue weighted by Gasteiger charge is -2.42. The number of rotatable bonds is 10. The fourth-order valence-electron chi connectivity index (χ4n) is 5.01. The Kier molecular flexibility index (Phi) is 11.2. The average molecular weight is 620 g/mol. The number of fused-ring (bicyclic) bond motifs is 1. The molecule has 1 aromatic rings. The first-order chi connectivity index (χ1) is 19.6. The van der Waals surface area contributed by atoms with Gasteiger partial charge in [-0.1, -0.05) is 38.1 Å². The number of sulfonamides is 1. The fourth-order valence-corrected chi connectivity index (χ4v) is 6.47. The summed E-state index contributed by atoms with van der Waals surface area (Å²) in [5.74, 6) is -2.60. The van der Waals surface area contributed by atoms with E-state index in [1.807, 2.05) is 24.3 Å². The molecule has 3 rings (SSSR count). The highest BCUT2D eigenvalue weighted by molar-refractivity contribution is 7.89. The Morgan fingerprint density at radius 3 is 2.45 bits per heavy atom. The molecule has 0 spiro atoms. The maximum atomic E-state index is 13.7. The number of hydrogen-bond acceptors (Lipinski definition) is 7. The molecule has 1 heterocycles. The lowest BCUT2D eigenvalue weighted by Crippen LogP contribution is -2.63. The van der Waals surface area contributed by atoms with Crippen LogP contribution in [0.4, 0.5) is 18.0 Å². The molecule has 0 bridgehead atoms. The number of ether oxygens (including phenoxy) is 1. The van der Waals surface area contributed by atoms with Crippen LogP contribution in [0, 0.1) is 5.92 Å². The summed E-state index contributed by atoms with van der Waals surface area (Å²) < 4.78 is 70.4. The standard InChI is InChI=1S/C27H40F3N5O6S/c1-17(2)23(33-24(36)18(3)31-4)25(37)35-14-13-34(42(39,40)15-12-27(28,29)30)16-22(35)41-26(38)32-21-11-7-9-19-8-5-6-10-20(19)21/h5-6,8,10,17-18,21-23,31H,7,9,11-16H2,1-4H3,(H,32,38)(H,33,36)/t18-,21?,22-,23-/m0/s1. The third-order valence-corrected chi connectivity index (χ3v) is 9.42. The van der Waals surface area contributed by atoms with E-state index in [4.69, 9.17) is 4.74 Å². The number of benzene rings is 1. The molecule has 0 aromatic heterocycles. The van der Waals surface area contributed by atoms with Gasteiger partial charge in [0.1, 0.15) is 6.04 Å². The number of amides is 3. The highest BCUT2D eigenvalue weighted by atomic mass is 32.2. The summed E-state index contributed by atoms with van der Waals surface area (Å²) in [6.45, 7) is 3.94. The summed E-state index contributed by atoms with van der Waals surface area (Å²) in [4.78, 5) is 40.6. The van der Waals surface area contributed by atoms with Crippen LogP contribution < -0.4 is 16.0 Å². The number of piperazine rings is 1. The van der Waals surface area contributed by atoms with Crippen molar-refractivity contribution in [3.63, 3.8) is 0 Å². The number of hydrogen-bond donors (Lipinski definition) is 3. The van der Waals surface area contributed by atoms with Gasteiger partial charge in [0.05, 0.1) is 30.8 Å². The molecule has 2 aliphatic rings. The van der Waals surface area contributed by atoms with Gasteiger partial charge in [0.25, 0.3) is 0 Å². The first-order valence-electron chi connectivity index (χ1n) is 14.0. The van der Waals surface area contributed by atoms with Gasteiger partial charge in [-0.3, -0.25) is 9.59 Å². The van der Waals surface area contributed by atoms with Crippen molar-refractivity contribution in [1.29, 1.82) is 0 Å². The second-order valence-electron chi connectivity index (χ2n) is 11.0. The van der Waals surface area contributed by atoms with Crippen LogP contribution in [0.2, 0.25) is 0 Å². The highest BCUT2D eigenvalue weighted by Crippen LogP contribution is 2.30. The van der Waals surface area contributed by atoms with E-state index in [2.05, 4.69) is 16.0 Å². The van der Waals surface area contributed by atoms with E-state index in [1.54, 1.807) is 27.8 Å². The summed E-state index contributed by atoms with van der Waals surface area (Å²) >= 11 is 0. The van der Waals surface area contributed by atoms with Crippen molar-refractivity contribution in [3.8, 4) is 0 Å². The Balaban J connectivity index is 1.83. The first kappa shape index (κ1) is 33.6. The zero-order valence-corrected chi connectivity index (χ0v) is 25.1. The number of nitrogens with one attached hydrogen (secondary N) is 3. The summed E-state index contributed by atoms with van der Waals surface area (Å²) in [5.41, 5.74) is 2.01. The van der Waals surface area contributed by atoms with Crippen molar-refractivity contribution < 1.29 is 40.7 Å². The van der Waals surface area contributed by atoms with E-state index in [-0.39, 0.29) is 25.0 Å². The number of nitrogens with zero attached hydrogens (tertiary/aromatic N) is 2. The molecule has 0 saturated carbocycles. The van der Waals surface area contributed by atoms with E-state index in [1.165, 1.54) is 4.90 Å². The molecule has 1 fully saturated rings. The van der Waals surface area contributed by atoms with E-state index in [0.717, 1.165) is 28.3 Å². The van der Waals surface area contributed by atoms with Gasteiger partial charge in [0, 0.05) is 13.1 Å². The van der Waals surface area contributed by atoms with Crippen molar-refractivity contribution in [2.75, 3.05) is 32.4 Å². The Morgan fingerprint density at radius 2 is 1.81 bits per heavy atom. The molecule has 1 aliphatic heterocycles. The molecule has 42 heavy (non-hydrogen) atoms. The Labute approximate surface area is 244 Å². The molecule has 1 saturated heterocycles. The number of alkyl halides is 3. The SMILES string of the molecule is CN[C@@H](C)C(=O)N[C@H](C(=O)N1CCN(S(=O)(=O)CCC(F)(F)F)C[C@@H]1OC(=O)NC1CCCc2ccccc21)C(C)C. The topological polar surface area (TPSA) is 137 Å². The van der Waals surface area contributed by atoms with Crippen LogP contribution in [0.1, 0.15) is 57.2 Å². The van der Waals surface area contributed by atoms with Crippen LogP contribution in [0.25, 0.3) is 0 Å². The monoisotopic (exact) mass is 619 g/mol. The summed E-state index contributed by atoms with van der Waals surface area (Å²) in [6, 6.07) is 5.62. The molecule has 15 heteroatoms. The molecule has 1 unspecified atom stereocenters. The number of alkyl carbamates (subject to hydrolysis) is 1. The normalized spacial score (nSPS) is 21.3. The molecule has 3 N–H and O–H groups in total. The van der Waals surface area contributed by atoms with Crippen molar-refractivity contribution in [3.05, 3.63) is 35.4 Å². The van der Waals surface area contributed by atoms with Gasteiger partial charge in [-0.25, -0.2) is 13.2 Å². The van der Waals surface area contributed by atoms with E-state index in [9.17, 15) is 36.0 Å². The van der Waals surface area contributed by atoms with E-state index >= 15 is 0 Å². The Bertz CT molecular complexity index is 1230. The predicted molar refractivity (Wildman–Crippen MR) is 149 cm³/mol. The van der Waals surface area contributed by atoms with Crippen molar-refractivity contribution in [2.24, 2.45) is 5.92 Å². The second kappa shape index (κ2) is 14.0. The fraction of sp³-hybridized carbons (Fsp3) is 0.667. The largest absolute Gasteiger partial charge is 0.424 e. The number of aryl methyl sites for hydroxylation is 1. The lowest BCUT2D eigenvalue weighted by atomic mass is 9.88. The molecule has 3 amide bonds. The summed E-state index contributed by atoms with van der Waals surface area (Å²) in [7, 11) is -2.80. The minimum Gasteiger partial charge on any atom is -0.424 e. The first-order valence-corrected chi connectivity index (χ1v) is 15.6. The zero-order valence-electron chi connectivity index (χ0n) is 24.2. The average Bonchev–Trinajstić information content (AvgIpc) is 2.93. The van der Waals surface area contributed by atoms with Crippen LogP contribution >= 0.6 is 0 Å². The maximum absolute atomic E-state index is 13.7. The van der Waals surface area contributed by atoms with E-state index in [0.29, 0.717) is 6.42 Å². The Morgan fingerprint density at radius 1 is 1.12 bits per heavy atom. The number of carbonyl (C=O) groups is 3. The number of halogens is 3. The van der Waals surface area contributed by atoms with Crippen molar-refractivity contribution in [1.82, 2.24) is 25.2 Å². The van der Waals surface area contributed by atoms with Gasteiger partial charge in [-0.05, 0) is 50.3 Å². The lowest BCUT2D eigenvalue weighted by molar-refractivity contribution is -0.150. The summed E-state index contributed by atoms with van der Waals surface area (Å²) in [6.07, 6.45) is -6.23. The third kappa shape index (κ3) is 8.80. The molecule has 236 valence electrons. The van der Waals surface area contributed by atoms with Gasteiger partial charge in [0.2, 0.25) is 21.8 Å². The maximum Gasteiger partial charge on any atom is 0.409 e. The molecular formula is C27H40F3N5O6S. The quantitative estimate of drug-likeness (QED) is 0.366. The zero-order chi connectivity index (χ0) is 31.2. The molecular weight excluding hydrogens is 579 g/mol. The van der Waals surface area contributed by atoms with Gasteiger partial charge in [-0.2, -0.15) is 17.5 Å². The Hall–Kier alpha value is -2.91. The predicted octanol–water partition coefficient (Wildman–Crippen LogP) is 2.29. The molecule has 1 aromatic carbocycles. The van der Waals surface area contributed by atoms with Gasteiger partial charge >= 0.3 is 12.3 Å². The molecule has 4 atom stereocenters. The van der Waals surface area contributed by atoms with Gasteiger partial charge in [0.15, 0.2) is 6.23 Å². The van der Waals surface area contributed by atoms with Gasteiger partial charge in [-0.15, -0.1) is 0 Å². The number of carbonyl (C=O) groups excluding carboxylic acids is 3. The van der Waals surface area contributed by atoms with Crippen molar-refractivity contribution >= 4 is 27.9 Å². The third-order valence-electron chi connectivity index (χ3n) is 7.58. The molecule has 1 aliphatic carbocycles. The van der Waals surface area contributed by atoms with Crippen LogP contribution in [0.15, 0.2) is 24.3 Å². The second-order valence-corrected chi connectivity index (χ2v) is 13.0. The van der Waals surface area contributed by atoms with Gasteiger partial charge < -0.3 is 25.6 Å². The summed E-state index contributed by atoms with van der Waals surface area (Å²) in [5, 5.41) is 8.27. The molecule has 11 nitrogen and oxygen atoms in total.